The third kappa shape index (κ3) is 1.90. The minimum atomic E-state index is 0.0348. The minimum absolute atomic E-state index is 0.0348. The highest BCUT2D eigenvalue weighted by molar-refractivity contribution is 4.93. The van der Waals surface area contributed by atoms with Gasteiger partial charge in [0.2, 0.25) is 0 Å². The maximum absolute atomic E-state index is 11.3. The lowest BCUT2D eigenvalue weighted by Gasteiger charge is -2.04. The van der Waals surface area contributed by atoms with Crippen LogP contribution < -0.4 is 5.56 Å². The maximum atomic E-state index is 11.3. The molecule has 2 aromatic rings. The zero-order chi connectivity index (χ0) is 9.80. The van der Waals surface area contributed by atoms with Crippen LogP contribution in [0.1, 0.15) is 0 Å². The molecule has 0 aliphatic carbocycles. The van der Waals surface area contributed by atoms with E-state index in [1.54, 1.807) is 35.4 Å². The number of nitrogens with zero attached hydrogens (tertiary/aromatic N) is 3. The predicted molar refractivity (Wildman–Crippen MR) is 52.9 cm³/mol. The quantitative estimate of drug-likeness (QED) is 0.714. The number of aromatic nitrogens is 3. The van der Waals surface area contributed by atoms with Crippen molar-refractivity contribution in [2.75, 3.05) is 0 Å². The third-order valence-corrected chi connectivity index (χ3v) is 2.06. The van der Waals surface area contributed by atoms with Crippen LogP contribution in [0.4, 0.5) is 0 Å². The normalized spacial score (nSPS) is 10.3. The van der Waals surface area contributed by atoms with Crippen molar-refractivity contribution in [2.24, 2.45) is 0 Å². The van der Waals surface area contributed by atoms with Crippen LogP contribution in [-0.4, -0.2) is 14.1 Å². The molecule has 0 amide bonds. The standard InChI is InChI=1S/C10H11N3O/c14-10-3-1-2-5-13(10)8-7-12-6-4-11-9-12/h1-6,9H,7-8H2. The SMILES string of the molecule is O=c1ccccn1CCn1ccnc1. The monoisotopic (exact) mass is 189 g/mol. The number of hydrogen-bond acceptors (Lipinski definition) is 2. The molecule has 0 fully saturated rings. The molecule has 14 heavy (non-hydrogen) atoms. The van der Waals surface area contributed by atoms with Crippen LogP contribution >= 0.6 is 0 Å². The highest BCUT2D eigenvalue weighted by atomic mass is 16.1. The lowest BCUT2D eigenvalue weighted by atomic mass is 10.4. The second kappa shape index (κ2) is 3.91. The largest absolute Gasteiger partial charge is 0.336 e. The van der Waals surface area contributed by atoms with Crippen molar-refractivity contribution >= 4 is 0 Å². The lowest BCUT2D eigenvalue weighted by Crippen LogP contribution is -2.20. The number of aryl methyl sites for hydroxylation is 2. The second-order valence-electron chi connectivity index (χ2n) is 3.03. The summed E-state index contributed by atoms with van der Waals surface area (Å²) in [5.74, 6) is 0. The summed E-state index contributed by atoms with van der Waals surface area (Å²) >= 11 is 0. The molecule has 0 spiro atoms. The Kier molecular flexibility index (Phi) is 2.44. The molecule has 4 nitrogen and oxygen atoms in total. The zero-order valence-corrected chi connectivity index (χ0v) is 7.71. The van der Waals surface area contributed by atoms with E-state index in [1.807, 2.05) is 16.8 Å². The molecule has 2 heterocycles. The highest BCUT2D eigenvalue weighted by Crippen LogP contribution is 1.89. The van der Waals surface area contributed by atoms with Crippen LogP contribution in [0, 0.1) is 0 Å². The van der Waals surface area contributed by atoms with Gasteiger partial charge in [-0.15, -0.1) is 0 Å². The average molecular weight is 189 g/mol. The molecule has 0 aliphatic rings. The van der Waals surface area contributed by atoms with Crippen molar-refractivity contribution < 1.29 is 0 Å². The Morgan fingerprint density at radius 3 is 2.86 bits per heavy atom. The van der Waals surface area contributed by atoms with Gasteiger partial charge in [-0.25, -0.2) is 4.98 Å². The molecule has 0 radical (unpaired) electrons. The third-order valence-electron chi connectivity index (χ3n) is 2.06. The summed E-state index contributed by atoms with van der Waals surface area (Å²) in [4.78, 5) is 15.2. The summed E-state index contributed by atoms with van der Waals surface area (Å²) < 4.78 is 3.62. The van der Waals surface area contributed by atoms with E-state index in [0.717, 1.165) is 6.54 Å². The van der Waals surface area contributed by atoms with Crippen molar-refractivity contribution in [2.45, 2.75) is 13.1 Å². The van der Waals surface area contributed by atoms with Gasteiger partial charge in [-0.05, 0) is 6.07 Å². The highest BCUT2D eigenvalue weighted by Gasteiger charge is 1.93. The Morgan fingerprint density at radius 2 is 2.14 bits per heavy atom. The van der Waals surface area contributed by atoms with Crippen molar-refractivity contribution in [3.63, 3.8) is 0 Å². The average Bonchev–Trinajstić information content (AvgIpc) is 2.69. The smallest absolute Gasteiger partial charge is 0.250 e. The molecule has 72 valence electrons. The molecule has 2 aromatic heterocycles. The van der Waals surface area contributed by atoms with Gasteiger partial charge in [0.25, 0.3) is 5.56 Å². The Hall–Kier alpha value is -1.84. The van der Waals surface area contributed by atoms with E-state index in [0.29, 0.717) is 6.54 Å². The van der Waals surface area contributed by atoms with E-state index in [9.17, 15) is 4.79 Å². The fourth-order valence-corrected chi connectivity index (χ4v) is 1.29. The molecular formula is C10H11N3O. The van der Waals surface area contributed by atoms with Crippen LogP contribution in [-0.2, 0) is 13.1 Å². The Bertz CT molecular complexity index is 444. The summed E-state index contributed by atoms with van der Waals surface area (Å²) in [7, 11) is 0. The summed E-state index contributed by atoms with van der Waals surface area (Å²) in [6.07, 6.45) is 7.15. The maximum Gasteiger partial charge on any atom is 0.250 e. The van der Waals surface area contributed by atoms with Crippen molar-refractivity contribution in [3.8, 4) is 0 Å². The van der Waals surface area contributed by atoms with Gasteiger partial charge in [-0.1, -0.05) is 6.07 Å². The van der Waals surface area contributed by atoms with E-state index in [1.165, 1.54) is 0 Å². The van der Waals surface area contributed by atoms with Crippen LogP contribution in [0.3, 0.4) is 0 Å². The van der Waals surface area contributed by atoms with Gasteiger partial charge in [0.15, 0.2) is 0 Å². The molecular weight excluding hydrogens is 178 g/mol. The van der Waals surface area contributed by atoms with E-state index in [2.05, 4.69) is 4.98 Å². The molecule has 0 bridgehead atoms. The van der Waals surface area contributed by atoms with Crippen molar-refractivity contribution in [1.82, 2.24) is 14.1 Å². The molecule has 4 heteroatoms. The Labute approximate surface area is 81.4 Å². The Morgan fingerprint density at radius 1 is 1.21 bits per heavy atom. The predicted octanol–water partition coefficient (Wildman–Crippen LogP) is 0.745. The Balaban J connectivity index is 2.06. The van der Waals surface area contributed by atoms with Gasteiger partial charge in [0, 0.05) is 37.7 Å². The second-order valence-corrected chi connectivity index (χ2v) is 3.03. The summed E-state index contributed by atoms with van der Waals surface area (Å²) in [6.45, 7) is 1.44. The fraction of sp³-hybridized carbons (Fsp3) is 0.200. The number of imidazole rings is 1. The summed E-state index contributed by atoms with van der Waals surface area (Å²) in [5.41, 5.74) is 0.0348. The van der Waals surface area contributed by atoms with Gasteiger partial charge in [0.05, 0.1) is 6.33 Å². The number of rotatable bonds is 3. The zero-order valence-electron chi connectivity index (χ0n) is 7.71. The summed E-state index contributed by atoms with van der Waals surface area (Å²) in [5, 5.41) is 0. The van der Waals surface area contributed by atoms with Gasteiger partial charge in [0.1, 0.15) is 0 Å². The van der Waals surface area contributed by atoms with Gasteiger partial charge >= 0.3 is 0 Å². The molecule has 0 aliphatic heterocycles. The first kappa shape index (κ1) is 8.74. The van der Waals surface area contributed by atoms with Gasteiger partial charge in [-0.2, -0.15) is 0 Å². The van der Waals surface area contributed by atoms with Crippen molar-refractivity contribution in [3.05, 3.63) is 53.5 Å². The van der Waals surface area contributed by atoms with Crippen LogP contribution in [0.5, 0.6) is 0 Å². The molecule has 0 aromatic carbocycles. The van der Waals surface area contributed by atoms with Crippen molar-refractivity contribution in [1.29, 1.82) is 0 Å². The van der Waals surface area contributed by atoms with Crippen LogP contribution in [0.15, 0.2) is 47.9 Å². The fourth-order valence-electron chi connectivity index (χ4n) is 1.29. The van der Waals surface area contributed by atoms with E-state index < -0.39 is 0 Å². The summed E-state index contributed by atoms with van der Waals surface area (Å²) in [6, 6.07) is 5.17. The molecule has 0 saturated heterocycles. The molecule has 0 atom stereocenters. The first-order chi connectivity index (χ1) is 6.86. The molecule has 0 N–H and O–H groups in total. The molecule has 0 unspecified atom stereocenters. The molecule has 0 saturated carbocycles. The van der Waals surface area contributed by atoms with Crippen LogP contribution in [0.25, 0.3) is 0 Å². The van der Waals surface area contributed by atoms with Gasteiger partial charge < -0.3 is 9.13 Å². The van der Waals surface area contributed by atoms with E-state index >= 15 is 0 Å². The van der Waals surface area contributed by atoms with Crippen LogP contribution in [0.2, 0.25) is 0 Å². The number of hydrogen-bond donors (Lipinski definition) is 0. The van der Waals surface area contributed by atoms with E-state index in [4.69, 9.17) is 0 Å². The lowest BCUT2D eigenvalue weighted by molar-refractivity contribution is 0.565. The van der Waals surface area contributed by atoms with E-state index in [-0.39, 0.29) is 5.56 Å². The minimum Gasteiger partial charge on any atom is -0.336 e. The topological polar surface area (TPSA) is 39.8 Å². The first-order valence-corrected chi connectivity index (χ1v) is 4.47. The van der Waals surface area contributed by atoms with Gasteiger partial charge in [-0.3, -0.25) is 4.79 Å². The molecule has 2 rings (SSSR count). The number of pyridine rings is 1. The first-order valence-electron chi connectivity index (χ1n) is 4.47.